The van der Waals surface area contributed by atoms with Crippen LogP contribution in [0.4, 0.5) is 0 Å². The van der Waals surface area contributed by atoms with Crippen molar-refractivity contribution in [3.05, 3.63) is 0 Å². The summed E-state index contributed by atoms with van der Waals surface area (Å²) >= 11 is 0. The van der Waals surface area contributed by atoms with Gasteiger partial charge in [0.15, 0.2) is 0 Å². The molecule has 0 saturated heterocycles. The van der Waals surface area contributed by atoms with Gasteiger partial charge in [0, 0.05) is 13.1 Å². The largest absolute Gasteiger partial charge is 0.371 e. The number of ether oxygens (including phenoxy) is 2. The first-order valence-corrected chi connectivity index (χ1v) is 7.90. The lowest BCUT2D eigenvalue weighted by atomic mass is 10.1. The Balaban J connectivity index is 0. The predicted molar refractivity (Wildman–Crippen MR) is 93.3 cm³/mol. The maximum atomic E-state index is 11.1. The van der Waals surface area contributed by atoms with Crippen LogP contribution in [0.15, 0.2) is 0 Å². The highest BCUT2D eigenvalue weighted by molar-refractivity contribution is 5.77. The second-order valence-corrected chi connectivity index (χ2v) is 6.35. The van der Waals surface area contributed by atoms with E-state index in [2.05, 4.69) is 26.2 Å². The molecule has 0 rings (SSSR count). The molecular formula is C15H34N4O6. The average molecular weight is 366 g/mol. The Morgan fingerprint density at radius 2 is 1.72 bits per heavy atom. The zero-order valence-electron chi connectivity index (χ0n) is 15.9. The molecule has 0 unspecified atom stereocenters. The third-order valence-electron chi connectivity index (χ3n) is 2.71. The lowest BCUT2D eigenvalue weighted by Crippen LogP contribution is -2.42. The summed E-state index contributed by atoms with van der Waals surface area (Å²) in [5.41, 5.74) is -0.665. The molecule has 0 bridgehead atoms. The number of nitrogens with one attached hydrogen (secondary N) is 2. The van der Waals surface area contributed by atoms with Gasteiger partial charge in [-0.25, -0.2) is 11.8 Å². The van der Waals surface area contributed by atoms with Gasteiger partial charge in [0.2, 0.25) is 5.91 Å². The molecule has 0 aromatic carbocycles. The van der Waals surface area contributed by atoms with Crippen LogP contribution in [0.25, 0.3) is 0 Å². The van der Waals surface area contributed by atoms with Crippen molar-refractivity contribution in [2.75, 3.05) is 46.6 Å². The first kappa shape index (κ1) is 26.1. The molecule has 10 heteroatoms. The molecule has 0 aromatic rings. The van der Waals surface area contributed by atoms with Crippen LogP contribution >= 0.6 is 0 Å². The second-order valence-electron chi connectivity index (χ2n) is 6.35. The van der Waals surface area contributed by atoms with E-state index in [4.69, 9.17) is 15.4 Å². The summed E-state index contributed by atoms with van der Waals surface area (Å²) in [4.78, 5) is 28.3. The van der Waals surface area contributed by atoms with Crippen molar-refractivity contribution in [1.29, 1.82) is 0 Å². The minimum atomic E-state index is -0.417. The fourth-order valence-corrected chi connectivity index (χ4v) is 1.57. The van der Waals surface area contributed by atoms with Gasteiger partial charge in [0.25, 0.3) is 0 Å². The van der Waals surface area contributed by atoms with Crippen LogP contribution in [0, 0.1) is 0 Å². The number of hydrogen-bond donors (Lipinski definition) is 4. The topological polar surface area (TPSA) is 147 Å². The summed E-state index contributed by atoms with van der Waals surface area (Å²) in [5.74, 6) is 8.94. The van der Waals surface area contributed by atoms with Crippen LogP contribution in [-0.2, 0) is 28.7 Å². The smallest absolute Gasteiger partial charge is 0.248 e. The summed E-state index contributed by atoms with van der Waals surface area (Å²) in [6.07, 6.45) is 0.583. The zero-order valence-corrected chi connectivity index (χ0v) is 15.9. The fraction of sp³-hybridized carbons (Fsp3) is 0.867. The van der Waals surface area contributed by atoms with Crippen molar-refractivity contribution in [1.82, 2.24) is 10.6 Å². The van der Waals surface area contributed by atoms with Gasteiger partial charge >= 0.3 is 0 Å². The van der Waals surface area contributed by atoms with E-state index in [-0.39, 0.29) is 24.7 Å². The molecule has 0 aliphatic carbocycles. The summed E-state index contributed by atoms with van der Waals surface area (Å²) in [5, 5.41) is 5.71. The second kappa shape index (κ2) is 15.1. The van der Waals surface area contributed by atoms with E-state index in [0.717, 1.165) is 6.54 Å². The number of likely N-dealkylation sites (N-methyl/N-ethyl adjacent to an activating group) is 1. The normalized spacial score (nSPS) is 11.5. The van der Waals surface area contributed by atoms with Gasteiger partial charge < -0.3 is 24.9 Å². The van der Waals surface area contributed by atoms with Gasteiger partial charge in [-0.3, -0.25) is 14.5 Å². The third kappa shape index (κ3) is 19.0. The molecule has 150 valence electrons. The molecule has 6 N–H and O–H groups in total. The van der Waals surface area contributed by atoms with Gasteiger partial charge in [0.05, 0.1) is 24.4 Å². The van der Waals surface area contributed by atoms with E-state index in [1.807, 2.05) is 34.7 Å². The third-order valence-corrected chi connectivity index (χ3v) is 2.71. The van der Waals surface area contributed by atoms with Crippen LogP contribution in [0.3, 0.4) is 0 Å². The molecule has 0 aliphatic rings. The average Bonchev–Trinajstić information content (AvgIpc) is 2.52. The summed E-state index contributed by atoms with van der Waals surface area (Å²) < 4.78 is 11.5. The SMILES string of the molecule is CNCC(C)(C)OCC(C)(C)OCCNC(=O)CON.NOCC=O. The van der Waals surface area contributed by atoms with E-state index in [9.17, 15) is 9.59 Å². The number of amides is 1. The Bertz CT molecular complexity index is 353. The highest BCUT2D eigenvalue weighted by Gasteiger charge is 2.24. The molecule has 0 aliphatic heterocycles. The minimum absolute atomic E-state index is 0.0139. The molecule has 1 amide bonds. The summed E-state index contributed by atoms with van der Waals surface area (Å²) in [6, 6.07) is 0. The van der Waals surface area contributed by atoms with Gasteiger partial charge in [-0.05, 0) is 34.7 Å². The first-order chi connectivity index (χ1) is 11.6. The number of carbonyl (C=O) groups excluding carboxylic acids is 2. The van der Waals surface area contributed by atoms with Gasteiger partial charge in [-0.1, -0.05) is 0 Å². The van der Waals surface area contributed by atoms with Crippen LogP contribution in [-0.4, -0.2) is 70.0 Å². The summed E-state index contributed by atoms with van der Waals surface area (Å²) in [6.45, 7) is 9.83. The maximum absolute atomic E-state index is 11.1. The molecule has 0 aromatic heterocycles. The molecule has 0 heterocycles. The Kier molecular flexibility index (Phi) is 15.8. The predicted octanol–water partition coefficient (Wildman–Crippen LogP) is -1.12. The van der Waals surface area contributed by atoms with Crippen molar-refractivity contribution in [2.45, 2.75) is 38.9 Å². The molecule has 0 atom stereocenters. The highest BCUT2D eigenvalue weighted by atomic mass is 16.6. The molecule has 25 heavy (non-hydrogen) atoms. The van der Waals surface area contributed by atoms with Crippen LogP contribution in [0.5, 0.6) is 0 Å². The van der Waals surface area contributed by atoms with Crippen molar-refractivity contribution < 1.29 is 28.7 Å². The monoisotopic (exact) mass is 366 g/mol. The zero-order chi connectivity index (χ0) is 19.8. The molecular weight excluding hydrogens is 332 g/mol. The Morgan fingerprint density at radius 3 is 2.16 bits per heavy atom. The van der Waals surface area contributed by atoms with Crippen molar-refractivity contribution in [3.8, 4) is 0 Å². The number of nitrogens with two attached hydrogens (primary N) is 2. The van der Waals surface area contributed by atoms with Crippen LogP contribution in [0.2, 0.25) is 0 Å². The maximum Gasteiger partial charge on any atom is 0.248 e. The fourth-order valence-electron chi connectivity index (χ4n) is 1.57. The lowest BCUT2D eigenvalue weighted by Gasteiger charge is -2.32. The summed E-state index contributed by atoms with van der Waals surface area (Å²) in [7, 11) is 1.89. The minimum Gasteiger partial charge on any atom is -0.371 e. The molecule has 10 nitrogen and oxygen atoms in total. The molecule has 0 radical (unpaired) electrons. The van der Waals surface area contributed by atoms with Gasteiger partial charge in [-0.15, -0.1) is 0 Å². The Labute approximate surface area is 149 Å². The quantitative estimate of drug-likeness (QED) is 0.181. The lowest BCUT2D eigenvalue weighted by molar-refractivity contribution is -0.128. The number of hydrogen-bond acceptors (Lipinski definition) is 9. The van der Waals surface area contributed by atoms with Gasteiger partial charge in [-0.2, -0.15) is 0 Å². The van der Waals surface area contributed by atoms with Gasteiger partial charge in [0.1, 0.15) is 19.5 Å². The number of carbonyl (C=O) groups is 2. The van der Waals surface area contributed by atoms with E-state index in [0.29, 0.717) is 26.0 Å². The Hall–Kier alpha value is -1.14. The van der Waals surface area contributed by atoms with Crippen LogP contribution in [0.1, 0.15) is 27.7 Å². The van der Waals surface area contributed by atoms with Crippen molar-refractivity contribution >= 4 is 12.2 Å². The standard InChI is InChI=1S/C13H29N3O4.C2H5NO2/c1-12(2,9-15-5)19-10-13(3,4)18-7-6-16-11(17)8-20-14;3-5-2-1-4/h15H,6-10,14H2,1-5H3,(H,16,17);1H,2-3H2. The molecule has 0 fully saturated rings. The molecule has 0 spiro atoms. The van der Waals surface area contributed by atoms with E-state index in [1.54, 1.807) is 0 Å². The van der Waals surface area contributed by atoms with E-state index in [1.165, 1.54) is 0 Å². The highest BCUT2D eigenvalue weighted by Crippen LogP contribution is 2.15. The number of rotatable bonds is 13. The van der Waals surface area contributed by atoms with E-state index < -0.39 is 5.60 Å². The van der Waals surface area contributed by atoms with E-state index >= 15 is 0 Å². The first-order valence-electron chi connectivity index (χ1n) is 7.90. The van der Waals surface area contributed by atoms with Crippen LogP contribution < -0.4 is 22.4 Å². The molecule has 0 saturated carbocycles. The van der Waals surface area contributed by atoms with Crippen molar-refractivity contribution in [2.24, 2.45) is 11.8 Å². The number of aldehydes is 1. The van der Waals surface area contributed by atoms with Crippen molar-refractivity contribution in [3.63, 3.8) is 0 Å². The Morgan fingerprint density at radius 1 is 1.08 bits per heavy atom.